The topological polar surface area (TPSA) is 106 Å². The van der Waals surface area contributed by atoms with E-state index in [1.807, 2.05) is 0 Å². The van der Waals surface area contributed by atoms with Crippen LogP contribution in [0.15, 0.2) is 6.07 Å². The van der Waals surface area contributed by atoms with Crippen LogP contribution >= 0.6 is 0 Å². The van der Waals surface area contributed by atoms with Crippen molar-refractivity contribution in [1.82, 2.24) is 25.3 Å². The molecule has 3 aliphatic rings. The van der Waals surface area contributed by atoms with Gasteiger partial charge in [-0.3, -0.25) is 19.1 Å². The fourth-order valence-corrected chi connectivity index (χ4v) is 4.71. The third-order valence-corrected chi connectivity index (χ3v) is 6.93. The number of aromatic nitrogens is 2. The second-order valence-electron chi connectivity index (χ2n) is 9.22. The number of ether oxygens (including phenoxy) is 1. The molecule has 3 heterocycles. The highest BCUT2D eigenvalue weighted by molar-refractivity contribution is 6.01. The van der Waals surface area contributed by atoms with Gasteiger partial charge in [-0.1, -0.05) is 25.7 Å². The van der Waals surface area contributed by atoms with E-state index in [2.05, 4.69) is 15.7 Å². The van der Waals surface area contributed by atoms with Crippen LogP contribution in [0, 0.1) is 0 Å². The lowest BCUT2D eigenvalue weighted by Crippen LogP contribution is -2.63. The molecule has 2 atom stereocenters. The van der Waals surface area contributed by atoms with E-state index < -0.39 is 5.54 Å². The maximum Gasteiger partial charge on any atom is 0.272 e. The Hall–Kier alpha value is -2.42. The van der Waals surface area contributed by atoms with Crippen molar-refractivity contribution in [3.8, 4) is 0 Å². The zero-order valence-electron chi connectivity index (χ0n) is 18.5. The van der Waals surface area contributed by atoms with E-state index in [0.29, 0.717) is 12.2 Å². The molecule has 1 aromatic rings. The third kappa shape index (κ3) is 4.46. The minimum atomic E-state index is -1.06. The van der Waals surface area contributed by atoms with Crippen molar-refractivity contribution in [3.05, 3.63) is 17.5 Å². The molecule has 0 radical (unpaired) electrons. The van der Waals surface area contributed by atoms with Gasteiger partial charge in [-0.2, -0.15) is 5.10 Å². The van der Waals surface area contributed by atoms with Gasteiger partial charge in [-0.15, -0.1) is 0 Å². The number of likely N-dealkylation sites (N-methyl/N-ethyl adjacent to an activating group) is 1. The Morgan fingerprint density at radius 3 is 2.61 bits per heavy atom. The largest absolute Gasteiger partial charge is 0.376 e. The standard InChI is InChI=1S/C22H33N5O4/c1-22(21(30)24-15-8-5-3-4-6-9-15)14-27-18(20(29)26(22)2)12-17(25-27)19(28)23-13-16-10-7-11-31-16/h12,15-16H,3-11,13-14H2,1-2H3,(H,23,28)(H,24,30)/t16-,22+/m1/s1. The van der Waals surface area contributed by atoms with Gasteiger partial charge in [0.2, 0.25) is 5.91 Å². The molecule has 0 spiro atoms. The maximum absolute atomic E-state index is 13.2. The van der Waals surface area contributed by atoms with Gasteiger partial charge in [0, 0.05) is 32.3 Å². The van der Waals surface area contributed by atoms with Crippen molar-refractivity contribution in [1.29, 1.82) is 0 Å². The van der Waals surface area contributed by atoms with Crippen LogP contribution in [-0.4, -0.2) is 70.3 Å². The van der Waals surface area contributed by atoms with Gasteiger partial charge in [-0.25, -0.2) is 0 Å². The van der Waals surface area contributed by atoms with Crippen molar-refractivity contribution in [2.45, 2.75) is 82.5 Å². The summed E-state index contributed by atoms with van der Waals surface area (Å²) in [7, 11) is 1.64. The lowest BCUT2D eigenvalue weighted by atomic mass is 9.95. The number of rotatable bonds is 5. The van der Waals surface area contributed by atoms with Crippen LogP contribution in [0.2, 0.25) is 0 Å². The minimum Gasteiger partial charge on any atom is -0.376 e. The molecule has 2 aliphatic heterocycles. The van der Waals surface area contributed by atoms with Crippen LogP contribution < -0.4 is 10.6 Å². The monoisotopic (exact) mass is 431 g/mol. The lowest BCUT2D eigenvalue weighted by molar-refractivity contribution is -0.133. The van der Waals surface area contributed by atoms with Crippen LogP contribution in [0.4, 0.5) is 0 Å². The first kappa shape index (κ1) is 21.8. The Morgan fingerprint density at radius 1 is 1.19 bits per heavy atom. The van der Waals surface area contributed by atoms with E-state index in [4.69, 9.17) is 4.74 Å². The summed E-state index contributed by atoms with van der Waals surface area (Å²) < 4.78 is 7.03. The first-order chi connectivity index (χ1) is 14.9. The normalized spacial score (nSPS) is 27.0. The summed E-state index contributed by atoms with van der Waals surface area (Å²) >= 11 is 0. The van der Waals surface area contributed by atoms with Gasteiger partial charge in [0.25, 0.3) is 11.8 Å². The number of hydrogen-bond acceptors (Lipinski definition) is 5. The minimum absolute atomic E-state index is 0.0323. The second kappa shape index (κ2) is 8.98. The predicted molar refractivity (Wildman–Crippen MR) is 114 cm³/mol. The molecule has 4 rings (SSSR count). The quantitative estimate of drug-likeness (QED) is 0.687. The summed E-state index contributed by atoms with van der Waals surface area (Å²) in [6.07, 6.45) is 8.55. The van der Waals surface area contributed by atoms with E-state index in [9.17, 15) is 14.4 Å². The summed E-state index contributed by atoms with van der Waals surface area (Å²) in [4.78, 5) is 40.3. The van der Waals surface area contributed by atoms with Crippen LogP contribution in [0.1, 0.15) is 79.3 Å². The molecule has 0 bridgehead atoms. The number of nitrogens with zero attached hydrogens (tertiary/aromatic N) is 3. The van der Waals surface area contributed by atoms with Crippen molar-refractivity contribution in [3.63, 3.8) is 0 Å². The highest BCUT2D eigenvalue weighted by Gasteiger charge is 2.46. The first-order valence-electron chi connectivity index (χ1n) is 11.5. The second-order valence-corrected chi connectivity index (χ2v) is 9.22. The summed E-state index contributed by atoms with van der Waals surface area (Å²) in [6, 6.07) is 1.65. The Balaban J connectivity index is 1.46. The molecule has 31 heavy (non-hydrogen) atoms. The molecule has 1 aliphatic carbocycles. The summed E-state index contributed by atoms with van der Waals surface area (Å²) in [5, 5.41) is 10.4. The SMILES string of the molecule is CN1C(=O)c2cc(C(=O)NC[C@H]3CCCO3)nn2C[C@@]1(C)C(=O)NC1CCCCCC1. The van der Waals surface area contributed by atoms with Crippen molar-refractivity contribution in [2.75, 3.05) is 20.2 Å². The third-order valence-electron chi connectivity index (χ3n) is 6.93. The van der Waals surface area contributed by atoms with Gasteiger partial charge < -0.3 is 20.3 Å². The maximum atomic E-state index is 13.2. The highest BCUT2D eigenvalue weighted by atomic mass is 16.5. The number of carbonyl (C=O) groups excluding carboxylic acids is 3. The Morgan fingerprint density at radius 2 is 1.94 bits per heavy atom. The average Bonchev–Trinajstić information content (AvgIpc) is 3.35. The molecule has 0 aromatic carbocycles. The van der Waals surface area contributed by atoms with Crippen molar-refractivity contribution >= 4 is 17.7 Å². The van der Waals surface area contributed by atoms with Gasteiger partial charge in [-0.05, 0) is 32.6 Å². The highest BCUT2D eigenvalue weighted by Crippen LogP contribution is 2.27. The summed E-state index contributed by atoms with van der Waals surface area (Å²) in [6.45, 7) is 3.12. The number of amides is 3. The van der Waals surface area contributed by atoms with Crippen LogP contribution in [0.5, 0.6) is 0 Å². The number of nitrogens with one attached hydrogen (secondary N) is 2. The van der Waals surface area contributed by atoms with Gasteiger partial charge in [0.15, 0.2) is 5.69 Å². The van der Waals surface area contributed by atoms with Gasteiger partial charge in [0.1, 0.15) is 11.2 Å². The molecule has 0 unspecified atom stereocenters. The summed E-state index contributed by atoms with van der Waals surface area (Å²) in [5.74, 6) is -0.811. The fraction of sp³-hybridized carbons (Fsp3) is 0.727. The number of hydrogen-bond donors (Lipinski definition) is 2. The Bertz CT molecular complexity index is 839. The average molecular weight is 432 g/mol. The molecular weight excluding hydrogens is 398 g/mol. The molecule has 9 nitrogen and oxygen atoms in total. The number of carbonyl (C=O) groups is 3. The van der Waals surface area contributed by atoms with Crippen molar-refractivity contribution in [2.24, 2.45) is 0 Å². The molecular formula is C22H33N5O4. The molecule has 3 amide bonds. The van der Waals surface area contributed by atoms with E-state index in [1.165, 1.54) is 28.5 Å². The zero-order chi connectivity index (χ0) is 22.0. The Labute approximate surface area is 182 Å². The lowest BCUT2D eigenvalue weighted by Gasteiger charge is -2.41. The van der Waals surface area contributed by atoms with E-state index in [-0.39, 0.29) is 42.1 Å². The van der Waals surface area contributed by atoms with E-state index in [1.54, 1.807) is 14.0 Å². The molecule has 2 N–H and O–H groups in total. The van der Waals surface area contributed by atoms with Gasteiger partial charge in [0.05, 0.1) is 12.6 Å². The first-order valence-corrected chi connectivity index (χ1v) is 11.5. The van der Waals surface area contributed by atoms with E-state index >= 15 is 0 Å². The number of fused-ring (bicyclic) bond motifs is 1. The molecule has 2 fully saturated rings. The summed E-state index contributed by atoms with van der Waals surface area (Å²) in [5.41, 5.74) is -0.555. The van der Waals surface area contributed by atoms with Crippen LogP contribution in [-0.2, 0) is 16.1 Å². The molecule has 1 saturated carbocycles. The molecule has 1 saturated heterocycles. The molecule has 9 heteroatoms. The smallest absolute Gasteiger partial charge is 0.272 e. The predicted octanol–water partition coefficient (Wildman–Crippen LogP) is 1.48. The van der Waals surface area contributed by atoms with E-state index in [0.717, 1.165) is 45.1 Å². The molecule has 170 valence electrons. The van der Waals surface area contributed by atoms with Crippen LogP contribution in [0.25, 0.3) is 0 Å². The molecule has 1 aromatic heterocycles. The van der Waals surface area contributed by atoms with Crippen LogP contribution in [0.3, 0.4) is 0 Å². The zero-order valence-corrected chi connectivity index (χ0v) is 18.5. The fourth-order valence-electron chi connectivity index (χ4n) is 4.71. The van der Waals surface area contributed by atoms with Gasteiger partial charge >= 0.3 is 0 Å². The Kier molecular flexibility index (Phi) is 6.31. The van der Waals surface area contributed by atoms with Crippen molar-refractivity contribution < 1.29 is 19.1 Å².